The zero-order valence-corrected chi connectivity index (χ0v) is 8.77. The third-order valence-corrected chi connectivity index (χ3v) is 2.31. The Labute approximate surface area is 66.5 Å². The molecular weight excluding hydrogens is 140 g/mol. The molecule has 0 heterocycles. The van der Waals surface area contributed by atoms with E-state index in [4.69, 9.17) is 4.43 Å². The lowest BCUT2D eigenvalue weighted by molar-refractivity contribution is 0.148. The Morgan fingerprint density at radius 2 is 1.80 bits per heavy atom. The standard InChI is InChI=1S/C8H19OSi/c1-6-8(7(2)3)9-10(4)5/h7-8H,6H2,1-5H3. The monoisotopic (exact) mass is 159 g/mol. The van der Waals surface area contributed by atoms with E-state index < -0.39 is 9.04 Å². The Morgan fingerprint density at radius 1 is 1.30 bits per heavy atom. The number of hydrogen-bond acceptors (Lipinski definition) is 1. The fourth-order valence-electron chi connectivity index (χ4n) is 0.994. The van der Waals surface area contributed by atoms with Crippen LogP contribution < -0.4 is 0 Å². The molecule has 0 aromatic heterocycles. The van der Waals surface area contributed by atoms with Gasteiger partial charge in [-0.3, -0.25) is 0 Å². The lowest BCUT2D eigenvalue weighted by Crippen LogP contribution is -2.24. The van der Waals surface area contributed by atoms with Crippen molar-refractivity contribution < 1.29 is 4.43 Å². The molecule has 0 aliphatic carbocycles. The first kappa shape index (κ1) is 10.2. The third-order valence-electron chi connectivity index (χ3n) is 1.53. The van der Waals surface area contributed by atoms with Crippen molar-refractivity contribution in [1.29, 1.82) is 0 Å². The lowest BCUT2D eigenvalue weighted by Gasteiger charge is -2.21. The summed E-state index contributed by atoms with van der Waals surface area (Å²) in [6.45, 7) is 11.0. The summed E-state index contributed by atoms with van der Waals surface area (Å²) in [4.78, 5) is 0. The molecule has 0 amide bonds. The van der Waals surface area contributed by atoms with Crippen LogP contribution in [0.15, 0.2) is 0 Å². The van der Waals surface area contributed by atoms with Gasteiger partial charge < -0.3 is 4.43 Å². The van der Waals surface area contributed by atoms with Gasteiger partial charge in [-0.1, -0.05) is 20.8 Å². The molecule has 0 aromatic carbocycles. The maximum absolute atomic E-state index is 5.76. The minimum atomic E-state index is -0.490. The minimum absolute atomic E-state index is 0.490. The second-order valence-electron chi connectivity index (χ2n) is 3.22. The SMILES string of the molecule is CCC(O[Si](C)C)C(C)C. The van der Waals surface area contributed by atoms with Crippen molar-refractivity contribution >= 4 is 9.04 Å². The van der Waals surface area contributed by atoms with E-state index in [1.54, 1.807) is 0 Å². The first-order valence-electron chi connectivity index (χ1n) is 4.04. The van der Waals surface area contributed by atoms with Gasteiger partial charge in [0.2, 0.25) is 9.04 Å². The van der Waals surface area contributed by atoms with Crippen LogP contribution in [0.2, 0.25) is 13.1 Å². The molecular formula is C8H19OSi. The quantitative estimate of drug-likeness (QED) is 0.573. The fourth-order valence-corrected chi connectivity index (χ4v) is 2.04. The first-order valence-corrected chi connectivity index (χ1v) is 6.45. The highest BCUT2D eigenvalue weighted by Gasteiger charge is 2.12. The van der Waals surface area contributed by atoms with Crippen LogP contribution in [0.25, 0.3) is 0 Å². The van der Waals surface area contributed by atoms with E-state index in [1.165, 1.54) is 0 Å². The van der Waals surface area contributed by atoms with Crippen molar-refractivity contribution in [1.82, 2.24) is 0 Å². The van der Waals surface area contributed by atoms with Gasteiger partial charge >= 0.3 is 0 Å². The van der Waals surface area contributed by atoms with Gasteiger partial charge in [0.05, 0.1) is 0 Å². The van der Waals surface area contributed by atoms with Crippen LogP contribution >= 0.6 is 0 Å². The molecule has 0 fully saturated rings. The van der Waals surface area contributed by atoms with Gasteiger partial charge in [-0.25, -0.2) is 0 Å². The Morgan fingerprint density at radius 3 is 1.90 bits per heavy atom. The van der Waals surface area contributed by atoms with Crippen molar-refractivity contribution in [2.24, 2.45) is 5.92 Å². The van der Waals surface area contributed by atoms with Crippen molar-refractivity contribution in [2.45, 2.75) is 46.4 Å². The summed E-state index contributed by atoms with van der Waals surface area (Å²) in [5.74, 6) is 0.671. The maximum Gasteiger partial charge on any atom is 0.205 e. The van der Waals surface area contributed by atoms with Crippen LogP contribution in [-0.4, -0.2) is 15.1 Å². The molecule has 1 unspecified atom stereocenters. The van der Waals surface area contributed by atoms with E-state index >= 15 is 0 Å². The van der Waals surface area contributed by atoms with Crippen LogP contribution in [0.1, 0.15) is 27.2 Å². The zero-order chi connectivity index (χ0) is 8.15. The molecule has 10 heavy (non-hydrogen) atoms. The molecule has 0 aromatic rings. The fraction of sp³-hybridized carbons (Fsp3) is 1.00. The Balaban J connectivity index is 3.60. The second kappa shape index (κ2) is 4.91. The van der Waals surface area contributed by atoms with Gasteiger partial charge in [-0.15, -0.1) is 0 Å². The summed E-state index contributed by atoms with van der Waals surface area (Å²) in [6.07, 6.45) is 1.64. The Bertz CT molecular complexity index is 81.3. The van der Waals surface area contributed by atoms with Crippen molar-refractivity contribution in [3.8, 4) is 0 Å². The molecule has 0 N–H and O–H groups in total. The Kier molecular flexibility index (Phi) is 5.00. The minimum Gasteiger partial charge on any atom is -0.414 e. The molecule has 0 aliphatic rings. The normalized spacial score (nSPS) is 14.7. The summed E-state index contributed by atoms with van der Waals surface area (Å²) in [7, 11) is -0.490. The molecule has 0 saturated heterocycles. The first-order chi connectivity index (χ1) is 4.57. The van der Waals surface area contributed by atoms with E-state index in [9.17, 15) is 0 Å². The average Bonchev–Trinajstić information content (AvgIpc) is 1.81. The second-order valence-corrected chi connectivity index (χ2v) is 5.27. The summed E-state index contributed by atoms with van der Waals surface area (Å²) >= 11 is 0. The molecule has 0 rings (SSSR count). The molecule has 2 heteroatoms. The zero-order valence-electron chi connectivity index (χ0n) is 7.77. The molecule has 1 atom stereocenters. The van der Waals surface area contributed by atoms with Crippen LogP contribution in [0.4, 0.5) is 0 Å². The summed E-state index contributed by atoms with van der Waals surface area (Å²) < 4.78 is 5.76. The van der Waals surface area contributed by atoms with E-state index in [1.807, 2.05) is 0 Å². The Hall–Kier alpha value is 0.177. The lowest BCUT2D eigenvalue weighted by atomic mass is 10.1. The van der Waals surface area contributed by atoms with Gasteiger partial charge in [0.1, 0.15) is 0 Å². The topological polar surface area (TPSA) is 9.23 Å². The number of rotatable bonds is 4. The van der Waals surface area contributed by atoms with Crippen molar-refractivity contribution in [3.05, 3.63) is 0 Å². The summed E-state index contributed by atoms with van der Waals surface area (Å²) in [5, 5.41) is 0. The maximum atomic E-state index is 5.76. The van der Waals surface area contributed by atoms with E-state index in [0.29, 0.717) is 12.0 Å². The molecule has 61 valence electrons. The van der Waals surface area contributed by atoms with Gasteiger partial charge in [-0.05, 0) is 25.4 Å². The number of hydrogen-bond donors (Lipinski definition) is 0. The van der Waals surface area contributed by atoms with Gasteiger partial charge in [0.15, 0.2) is 0 Å². The van der Waals surface area contributed by atoms with Crippen LogP contribution in [-0.2, 0) is 4.43 Å². The summed E-state index contributed by atoms with van der Waals surface area (Å²) in [5.41, 5.74) is 0. The molecule has 1 radical (unpaired) electrons. The van der Waals surface area contributed by atoms with E-state index in [2.05, 4.69) is 33.9 Å². The van der Waals surface area contributed by atoms with Gasteiger partial charge in [-0.2, -0.15) is 0 Å². The molecule has 0 aliphatic heterocycles. The highest BCUT2D eigenvalue weighted by molar-refractivity contribution is 6.48. The van der Waals surface area contributed by atoms with Crippen LogP contribution in [0.3, 0.4) is 0 Å². The van der Waals surface area contributed by atoms with Gasteiger partial charge in [0.25, 0.3) is 0 Å². The molecule has 0 bridgehead atoms. The predicted octanol–water partition coefficient (Wildman–Crippen LogP) is 2.69. The smallest absolute Gasteiger partial charge is 0.205 e. The third kappa shape index (κ3) is 4.07. The molecule has 0 saturated carbocycles. The predicted molar refractivity (Wildman–Crippen MR) is 47.5 cm³/mol. The highest BCUT2D eigenvalue weighted by Crippen LogP contribution is 2.10. The highest BCUT2D eigenvalue weighted by atomic mass is 28.3. The van der Waals surface area contributed by atoms with Crippen LogP contribution in [0, 0.1) is 5.92 Å². The van der Waals surface area contributed by atoms with E-state index in [-0.39, 0.29) is 0 Å². The molecule has 0 spiro atoms. The van der Waals surface area contributed by atoms with E-state index in [0.717, 1.165) is 6.42 Å². The van der Waals surface area contributed by atoms with Crippen molar-refractivity contribution in [2.75, 3.05) is 0 Å². The summed E-state index contributed by atoms with van der Waals surface area (Å²) in [6, 6.07) is 0. The molecule has 1 nitrogen and oxygen atoms in total. The average molecular weight is 159 g/mol. The van der Waals surface area contributed by atoms with Crippen LogP contribution in [0.5, 0.6) is 0 Å². The largest absolute Gasteiger partial charge is 0.414 e. The van der Waals surface area contributed by atoms with Gasteiger partial charge in [0, 0.05) is 6.10 Å². The van der Waals surface area contributed by atoms with Crippen molar-refractivity contribution in [3.63, 3.8) is 0 Å².